The van der Waals surface area contributed by atoms with Gasteiger partial charge in [-0.05, 0) is 12.8 Å². The molecule has 2 N–H and O–H groups in total. The van der Waals surface area contributed by atoms with Crippen molar-refractivity contribution in [3.8, 4) is 0 Å². The summed E-state index contributed by atoms with van der Waals surface area (Å²) in [6.45, 7) is 4.58. The molecule has 0 saturated carbocycles. The first-order valence-electron chi connectivity index (χ1n) is 5.56. The van der Waals surface area contributed by atoms with Gasteiger partial charge in [0, 0.05) is 11.9 Å². The quantitative estimate of drug-likeness (QED) is 0.768. The maximum absolute atomic E-state index is 10.9. The van der Waals surface area contributed by atoms with E-state index in [1.807, 2.05) is 12.3 Å². The average molecular weight is 242 g/mol. The zero-order chi connectivity index (χ0) is 12.0. The lowest BCUT2D eigenvalue weighted by Gasteiger charge is -2.11. The molecule has 0 aliphatic heterocycles. The van der Waals surface area contributed by atoms with E-state index >= 15 is 0 Å². The molecule has 1 atom stereocenters. The normalized spacial score (nSPS) is 12.6. The molecule has 16 heavy (non-hydrogen) atoms. The number of carboxylic acid groups (broad SMARTS) is 1. The van der Waals surface area contributed by atoms with Crippen LogP contribution in [0.25, 0.3) is 0 Å². The molecule has 1 aromatic rings. The van der Waals surface area contributed by atoms with Crippen LogP contribution in [0.4, 0.5) is 0 Å². The summed E-state index contributed by atoms with van der Waals surface area (Å²) < 4.78 is 0. The summed E-state index contributed by atoms with van der Waals surface area (Å²) >= 11 is 1.62. The highest BCUT2D eigenvalue weighted by Gasteiger charge is 2.15. The number of hydrogen-bond acceptors (Lipinski definition) is 4. The number of aromatic nitrogens is 1. The van der Waals surface area contributed by atoms with Gasteiger partial charge in [-0.2, -0.15) is 0 Å². The van der Waals surface area contributed by atoms with Gasteiger partial charge < -0.3 is 5.11 Å². The molecular formula is C11H18N2O2S. The van der Waals surface area contributed by atoms with Crippen LogP contribution in [0.1, 0.15) is 37.4 Å². The van der Waals surface area contributed by atoms with Crippen molar-refractivity contribution >= 4 is 17.3 Å². The molecule has 90 valence electrons. The van der Waals surface area contributed by atoms with E-state index in [0.717, 1.165) is 23.5 Å². The minimum Gasteiger partial charge on any atom is -0.480 e. The Kier molecular flexibility index (Phi) is 5.42. The largest absolute Gasteiger partial charge is 0.480 e. The molecule has 5 heteroatoms. The summed E-state index contributed by atoms with van der Waals surface area (Å²) in [6, 6.07) is -0.461. The molecule has 0 saturated heterocycles. The summed E-state index contributed by atoms with van der Waals surface area (Å²) in [5, 5.41) is 15.1. The number of thiazole rings is 1. The van der Waals surface area contributed by atoms with Gasteiger partial charge in [0.15, 0.2) is 0 Å². The Balaban J connectivity index is 2.45. The summed E-state index contributed by atoms with van der Waals surface area (Å²) in [5.41, 5.74) is 0.934. The fourth-order valence-electron chi connectivity index (χ4n) is 1.42. The zero-order valence-electron chi connectivity index (χ0n) is 9.69. The van der Waals surface area contributed by atoms with Gasteiger partial charge in [0.05, 0.1) is 10.7 Å². The van der Waals surface area contributed by atoms with E-state index in [1.54, 1.807) is 11.3 Å². The zero-order valence-corrected chi connectivity index (χ0v) is 10.5. The number of carboxylic acids is 1. The molecule has 1 aromatic heterocycles. The number of carbonyl (C=O) groups is 1. The van der Waals surface area contributed by atoms with E-state index in [9.17, 15) is 4.79 Å². The first-order chi connectivity index (χ1) is 7.67. The summed E-state index contributed by atoms with van der Waals surface area (Å²) in [7, 11) is 0. The standard InChI is InChI=1S/C11H18N2O2S/c1-3-5-9(11(14)15)12-6-8-7-16-10(4-2)13-8/h7,9,12H,3-6H2,1-2H3,(H,14,15). The SMILES string of the molecule is CCCC(NCc1csc(CC)n1)C(=O)O. The lowest BCUT2D eigenvalue weighted by atomic mass is 10.1. The molecule has 0 aromatic carbocycles. The number of aliphatic carboxylic acids is 1. The molecule has 0 spiro atoms. The fourth-order valence-corrected chi connectivity index (χ4v) is 2.17. The predicted octanol–water partition coefficient (Wildman–Crippen LogP) is 2.05. The number of hydrogen-bond donors (Lipinski definition) is 2. The first-order valence-corrected chi connectivity index (χ1v) is 6.44. The number of rotatable bonds is 7. The van der Waals surface area contributed by atoms with Crippen molar-refractivity contribution in [1.82, 2.24) is 10.3 Å². The van der Waals surface area contributed by atoms with Crippen molar-refractivity contribution in [2.24, 2.45) is 0 Å². The van der Waals surface area contributed by atoms with Crippen molar-refractivity contribution in [2.75, 3.05) is 0 Å². The van der Waals surface area contributed by atoms with Gasteiger partial charge in [-0.25, -0.2) is 4.98 Å². The van der Waals surface area contributed by atoms with Crippen LogP contribution in [0.5, 0.6) is 0 Å². The highest BCUT2D eigenvalue weighted by Crippen LogP contribution is 2.10. The Morgan fingerprint density at radius 2 is 2.38 bits per heavy atom. The van der Waals surface area contributed by atoms with E-state index in [2.05, 4.69) is 17.2 Å². The molecule has 0 amide bonds. The smallest absolute Gasteiger partial charge is 0.320 e. The van der Waals surface area contributed by atoms with Crippen molar-refractivity contribution in [2.45, 2.75) is 45.7 Å². The Morgan fingerprint density at radius 3 is 2.88 bits per heavy atom. The van der Waals surface area contributed by atoms with Gasteiger partial charge in [0.1, 0.15) is 6.04 Å². The van der Waals surface area contributed by atoms with Crippen LogP contribution in [0.15, 0.2) is 5.38 Å². The van der Waals surface area contributed by atoms with Gasteiger partial charge >= 0.3 is 5.97 Å². The molecule has 1 rings (SSSR count). The van der Waals surface area contributed by atoms with Crippen LogP contribution in [0.2, 0.25) is 0 Å². The van der Waals surface area contributed by atoms with Crippen molar-refractivity contribution in [3.05, 3.63) is 16.1 Å². The minimum atomic E-state index is -0.784. The molecule has 0 aliphatic carbocycles. The Hall–Kier alpha value is -0.940. The maximum atomic E-state index is 10.9. The minimum absolute atomic E-state index is 0.461. The molecule has 0 fully saturated rings. The predicted molar refractivity (Wildman–Crippen MR) is 64.7 cm³/mol. The third-order valence-corrected chi connectivity index (χ3v) is 3.35. The monoisotopic (exact) mass is 242 g/mol. The third-order valence-electron chi connectivity index (χ3n) is 2.31. The van der Waals surface area contributed by atoms with E-state index < -0.39 is 12.0 Å². The highest BCUT2D eigenvalue weighted by atomic mass is 32.1. The second kappa shape index (κ2) is 6.60. The first kappa shape index (κ1) is 13.1. The number of nitrogens with one attached hydrogen (secondary N) is 1. The molecular weight excluding hydrogens is 224 g/mol. The Morgan fingerprint density at radius 1 is 1.62 bits per heavy atom. The molecule has 1 unspecified atom stereocenters. The summed E-state index contributed by atoms with van der Waals surface area (Å²) in [4.78, 5) is 15.3. The van der Waals surface area contributed by atoms with Crippen molar-refractivity contribution < 1.29 is 9.90 Å². The summed E-state index contributed by atoms with van der Waals surface area (Å²) in [5.74, 6) is -0.784. The third kappa shape index (κ3) is 3.90. The van der Waals surface area contributed by atoms with Crippen LogP contribution in [-0.2, 0) is 17.8 Å². The highest BCUT2D eigenvalue weighted by molar-refractivity contribution is 7.09. The van der Waals surface area contributed by atoms with Gasteiger partial charge in [0.2, 0.25) is 0 Å². The van der Waals surface area contributed by atoms with E-state index in [0.29, 0.717) is 13.0 Å². The molecule has 0 radical (unpaired) electrons. The molecule has 4 nitrogen and oxygen atoms in total. The van der Waals surface area contributed by atoms with Gasteiger partial charge in [-0.3, -0.25) is 10.1 Å². The van der Waals surface area contributed by atoms with Crippen LogP contribution >= 0.6 is 11.3 Å². The molecule has 0 aliphatic rings. The fraction of sp³-hybridized carbons (Fsp3) is 0.636. The topological polar surface area (TPSA) is 62.2 Å². The lowest BCUT2D eigenvalue weighted by Crippen LogP contribution is -2.36. The van der Waals surface area contributed by atoms with E-state index in [1.165, 1.54) is 0 Å². The molecule has 0 bridgehead atoms. The Bertz CT molecular complexity index is 338. The van der Waals surface area contributed by atoms with E-state index in [4.69, 9.17) is 5.11 Å². The van der Waals surface area contributed by atoms with Gasteiger partial charge in [-0.1, -0.05) is 20.3 Å². The van der Waals surface area contributed by atoms with Gasteiger partial charge in [0.25, 0.3) is 0 Å². The summed E-state index contributed by atoms with van der Waals surface area (Å²) in [6.07, 6.45) is 2.45. The van der Waals surface area contributed by atoms with Crippen LogP contribution in [-0.4, -0.2) is 22.1 Å². The number of aryl methyl sites for hydroxylation is 1. The van der Waals surface area contributed by atoms with Crippen LogP contribution in [0.3, 0.4) is 0 Å². The van der Waals surface area contributed by atoms with Crippen molar-refractivity contribution in [3.63, 3.8) is 0 Å². The van der Waals surface area contributed by atoms with Gasteiger partial charge in [-0.15, -0.1) is 11.3 Å². The lowest BCUT2D eigenvalue weighted by molar-refractivity contribution is -0.139. The maximum Gasteiger partial charge on any atom is 0.320 e. The Labute approximate surface area is 99.7 Å². The molecule has 1 heterocycles. The van der Waals surface area contributed by atoms with E-state index in [-0.39, 0.29) is 0 Å². The second-order valence-electron chi connectivity index (χ2n) is 3.65. The number of nitrogens with zero attached hydrogens (tertiary/aromatic N) is 1. The van der Waals surface area contributed by atoms with Crippen LogP contribution in [0, 0.1) is 0 Å². The van der Waals surface area contributed by atoms with Crippen molar-refractivity contribution in [1.29, 1.82) is 0 Å². The average Bonchev–Trinajstić information content (AvgIpc) is 2.71. The second-order valence-corrected chi connectivity index (χ2v) is 4.59. The van der Waals surface area contributed by atoms with Crippen LogP contribution < -0.4 is 5.32 Å².